The molecular weight excluding hydrogens is 465 g/mol. The number of H-pyrrole nitrogens is 1. The molecule has 35 heavy (non-hydrogen) atoms. The second-order valence-corrected chi connectivity index (χ2v) is 7.38. The fourth-order valence-corrected chi connectivity index (χ4v) is 3.26. The summed E-state index contributed by atoms with van der Waals surface area (Å²) >= 11 is 0. The number of aromatic amines is 1. The highest BCUT2D eigenvalue weighted by Gasteiger charge is 2.38. The fourth-order valence-electron chi connectivity index (χ4n) is 3.26. The molecule has 11 heteroatoms. The lowest BCUT2D eigenvalue weighted by molar-refractivity contribution is -0.192. The van der Waals surface area contributed by atoms with Gasteiger partial charge in [-0.1, -0.05) is 18.2 Å². The van der Waals surface area contributed by atoms with Gasteiger partial charge in [0, 0.05) is 47.4 Å². The molecule has 2 amide bonds. The topological polar surface area (TPSA) is 124 Å². The van der Waals surface area contributed by atoms with Gasteiger partial charge in [0.2, 0.25) is 5.91 Å². The van der Waals surface area contributed by atoms with E-state index in [1.54, 1.807) is 19.2 Å². The lowest BCUT2D eigenvalue weighted by Gasteiger charge is -2.11. The third kappa shape index (κ3) is 6.56. The number of alkyl halides is 3. The van der Waals surface area contributed by atoms with Crippen molar-refractivity contribution in [2.45, 2.75) is 19.5 Å². The standard InChI is InChI=1S/C22H20N4O2.C2HF3O2/c1-2-3-21(27)25-16-6-4-14(5-7-16)19-12-15(8-10-23-19)20-13-17-18(26-20)9-11-24-22(17)28;3-2(4,5)1(6)7/h2-8,10,12-13,26H,9,11H2,1H3,(H,24,28)(H,25,27);(H,6,7)/b3-2+;. The number of hydrogen-bond acceptors (Lipinski definition) is 4. The largest absolute Gasteiger partial charge is 0.490 e. The zero-order valence-electron chi connectivity index (χ0n) is 18.4. The van der Waals surface area contributed by atoms with E-state index in [9.17, 15) is 22.8 Å². The number of carboxylic acid groups (broad SMARTS) is 1. The number of nitrogens with one attached hydrogen (secondary N) is 3. The Kier molecular flexibility index (Phi) is 7.69. The summed E-state index contributed by atoms with van der Waals surface area (Å²) in [5.74, 6) is -2.95. The van der Waals surface area contributed by atoms with Crippen molar-refractivity contribution in [3.05, 3.63) is 72.1 Å². The summed E-state index contributed by atoms with van der Waals surface area (Å²) in [6.07, 6.45) is 0.655. The van der Waals surface area contributed by atoms with Crippen LogP contribution in [0, 0.1) is 0 Å². The molecule has 182 valence electrons. The van der Waals surface area contributed by atoms with Crippen molar-refractivity contribution >= 4 is 23.5 Å². The first kappa shape index (κ1) is 25.2. The predicted octanol–water partition coefficient (Wildman–Crippen LogP) is 4.18. The highest BCUT2D eigenvalue weighted by molar-refractivity contribution is 5.99. The lowest BCUT2D eigenvalue weighted by atomic mass is 10.1. The van der Waals surface area contributed by atoms with Gasteiger partial charge in [0.1, 0.15) is 0 Å². The van der Waals surface area contributed by atoms with Gasteiger partial charge >= 0.3 is 12.1 Å². The van der Waals surface area contributed by atoms with E-state index in [1.807, 2.05) is 42.5 Å². The van der Waals surface area contributed by atoms with E-state index in [-0.39, 0.29) is 11.8 Å². The van der Waals surface area contributed by atoms with E-state index < -0.39 is 12.1 Å². The molecule has 0 atom stereocenters. The van der Waals surface area contributed by atoms with Crippen molar-refractivity contribution in [3.8, 4) is 22.5 Å². The number of nitrogens with zero attached hydrogens (tertiary/aromatic N) is 1. The molecule has 8 nitrogen and oxygen atoms in total. The van der Waals surface area contributed by atoms with Crippen LogP contribution in [0.15, 0.2) is 60.8 Å². The molecule has 4 N–H and O–H groups in total. The number of hydrogen-bond donors (Lipinski definition) is 4. The van der Waals surface area contributed by atoms with Gasteiger partial charge in [0.25, 0.3) is 5.91 Å². The molecule has 0 spiro atoms. The number of carboxylic acids is 1. The maximum atomic E-state index is 12.0. The number of rotatable bonds is 4. The summed E-state index contributed by atoms with van der Waals surface area (Å²) in [5.41, 5.74) is 6.05. The van der Waals surface area contributed by atoms with Crippen molar-refractivity contribution in [2.75, 3.05) is 11.9 Å². The number of carbonyl (C=O) groups excluding carboxylic acids is 2. The maximum Gasteiger partial charge on any atom is 0.490 e. The zero-order chi connectivity index (χ0) is 25.6. The quantitative estimate of drug-likeness (QED) is 0.412. The van der Waals surface area contributed by atoms with Gasteiger partial charge in [-0.05, 0) is 43.3 Å². The summed E-state index contributed by atoms with van der Waals surface area (Å²) in [7, 11) is 0. The van der Waals surface area contributed by atoms with Crippen LogP contribution < -0.4 is 10.6 Å². The summed E-state index contributed by atoms with van der Waals surface area (Å²) in [6, 6.07) is 13.3. The second-order valence-electron chi connectivity index (χ2n) is 7.38. The first-order valence-electron chi connectivity index (χ1n) is 10.4. The van der Waals surface area contributed by atoms with Gasteiger partial charge in [0.05, 0.1) is 11.3 Å². The van der Waals surface area contributed by atoms with Crippen molar-refractivity contribution < 1.29 is 32.7 Å². The molecule has 0 aliphatic carbocycles. The Hall–Kier alpha value is -4.41. The number of fused-ring (bicyclic) bond motifs is 1. The average Bonchev–Trinajstić information content (AvgIpc) is 3.26. The molecule has 1 aliphatic rings. The van der Waals surface area contributed by atoms with Crippen LogP contribution in [0.1, 0.15) is 23.0 Å². The van der Waals surface area contributed by atoms with Gasteiger partial charge in [-0.25, -0.2) is 4.79 Å². The van der Waals surface area contributed by atoms with Crippen LogP contribution in [0.3, 0.4) is 0 Å². The molecule has 0 fully saturated rings. The zero-order valence-corrected chi connectivity index (χ0v) is 18.4. The molecule has 3 aromatic rings. The van der Waals surface area contributed by atoms with Crippen LogP contribution >= 0.6 is 0 Å². The van der Waals surface area contributed by atoms with E-state index in [0.717, 1.165) is 40.3 Å². The van der Waals surface area contributed by atoms with E-state index in [0.29, 0.717) is 12.1 Å². The Balaban J connectivity index is 0.000000429. The van der Waals surface area contributed by atoms with Crippen LogP contribution in [-0.4, -0.2) is 45.6 Å². The van der Waals surface area contributed by atoms with Crippen LogP contribution in [0.4, 0.5) is 18.9 Å². The van der Waals surface area contributed by atoms with Crippen LogP contribution in [0.25, 0.3) is 22.5 Å². The smallest absolute Gasteiger partial charge is 0.475 e. The van der Waals surface area contributed by atoms with E-state index in [2.05, 4.69) is 20.6 Å². The van der Waals surface area contributed by atoms with E-state index in [4.69, 9.17) is 9.90 Å². The number of amides is 2. The Morgan fingerprint density at radius 3 is 2.40 bits per heavy atom. The monoisotopic (exact) mass is 486 g/mol. The Bertz CT molecular complexity index is 1260. The molecule has 2 aromatic heterocycles. The molecule has 1 aliphatic heterocycles. The summed E-state index contributed by atoms with van der Waals surface area (Å²) in [4.78, 5) is 40.3. The normalized spacial score (nSPS) is 12.9. The molecule has 4 rings (SSSR count). The fraction of sp³-hybridized carbons (Fsp3) is 0.167. The SMILES string of the molecule is C/C=C/C(=O)Nc1ccc(-c2cc(-c3cc4c([nH]3)CCNC4=O)ccn2)cc1.O=C(O)C(F)(F)F. The van der Waals surface area contributed by atoms with Gasteiger partial charge < -0.3 is 20.7 Å². The Morgan fingerprint density at radius 1 is 1.11 bits per heavy atom. The van der Waals surface area contributed by atoms with Crippen molar-refractivity contribution in [3.63, 3.8) is 0 Å². The minimum absolute atomic E-state index is 0.0337. The third-order valence-corrected chi connectivity index (χ3v) is 4.88. The molecular formula is C24H21F3N4O4. The first-order chi connectivity index (χ1) is 16.6. The number of pyridine rings is 1. The minimum atomic E-state index is -5.08. The average molecular weight is 486 g/mol. The lowest BCUT2D eigenvalue weighted by Crippen LogP contribution is -2.31. The van der Waals surface area contributed by atoms with Gasteiger partial charge in [-0.2, -0.15) is 13.2 Å². The van der Waals surface area contributed by atoms with Crippen LogP contribution in [-0.2, 0) is 16.0 Å². The number of benzene rings is 1. The van der Waals surface area contributed by atoms with Gasteiger partial charge in [0.15, 0.2) is 0 Å². The second kappa shape index (κ2) is 10.7. The molecule has 0 saturated carbocycles. The molecule has 0 saturated heterocycles. The Labute approximate surface area is 197 Å². The summed E-state index contributed by atoms with van der Waals surface area (Å²) < 4.78 is 31.7. The van der Waals surface area contributed by atoms with Crippen LogP contribution in [0.5, 0.6) is 0 Å². The molecule has 3 heterocycles. The van der Waals surface area contributed by atoms with Crippen molar-refractivity contribution in [1.29, 1.82) is 0 Å². The molecule has 0 bridgehead atoms. The number of anilines is 1. The van der Waals surface area contributed by atoms with Gasteiger partial charge in [-0.15, -0.1) is 0 Å². The van der Waals surface area contributed by atoms with E-state index in [1.165, 1.54) is 6.08 Å². The van der Waals surface area contributed by atoms with Crippen molar-refractivity contribution in [1.82, 2.24) is 15.3 Å². The molecule has 1 aromatic carbocycles. The number of carbonyl (C=O) groups is 3. The minimum Gasteiger partial charge on any atom is -0.475 e. The molecule has 0 radical (unpaired) electrons. The highest BCUT2D eigenvalue weighted by atomic mass is 19.4. The van der Waals surface area contributed by atoms with Crippen LogP contribution in [0.2, 0.25) is 0 Å². The van der Waals surface area contributed by atoms with Gasteiger partial charge in [-0.3, -0.25) is 14.6 Å². The summed E-state index contributed by atoms with van der Waals surface area (Å²) in [6.45, 7) is 2.46. The maximum absolute atomic E-state index is 12.0. The highest BCUT2D eigenvalue weighted by Crippen LogP contribution is 2.27. The molecule has 0 unspecified atom stereocenters. The number of aromatic nitrogens is 2. The number of aliphatic carboxylic acids is 1. The number of allylic oxidation sites excluding steroid dienone is 1. The first-order valence-corrected chi connectivity index (χ1v) is 10.4. The van der Waals surface area contributed by atoms with E-state index >= 15 is 0 Å². The predicted molar refractivity (Wildman–Crippen MR) is 123 cm³/mol. The number of halogens is 3. The summed E-state index contributed by atoms with van der Waals surface area (Å²) in [5, 5.41) is 12.8. The Morgan fingerprint density at radius 2 is 1.80 bits per heavy atom. The third-order valence-electron chi connectivity index (χ3n) is 4.88. The van der Waals surface area contributed by atoms with Crippen molar-refractivity contribution in [2.24, 2.45) is 0 Å².